The molecule has 0 aromatic heterocycles. The molecule has 0 unspecified atom stereocenters. The van der Waals surface area contributed by atoms with Crippen molar-refractivity contribution in [1.29, 1.82) is 0 Å². The fourth-order valence-corrected chi connectivity index (χ4v) is 6.88. The average molecular weight is 439 g/mol. The van der Waals surface area contributed by atoms with Crippen molar-refractivity contribution in [2.24, 2.45) is 23.2 Å². The maximum Gasteiger partial charge on any atom is 0.311 e. The highest BCUT2D eigenvalue weighted by Gasteiger charge is 2.59. The number of aryl methyl sites for hydroxylation is 2. The molecule has 2 heterocycles. The number of carbonyl (C=O) groups is 1. The zero-order valence-electron chi connectivity index (χ0n) is 20.0. The molecule has 3 fully saturated rings. The average Bonchev–Trinajstić information content (AvgIpc) is 3.06. The van der Waals surface area contributed by atoms with Gasteiger partial charge < -0.3 is 14.7 Å². The van der Waals surface area contributed by atoms with Crippen molar-refractivity contribution in [1.82, 2.24) is 4.90 Å². The van der Waals surface area contributed by atoms with Crippen LogP contribution in [0.3, 0.4) is 0 Å². The highest BCUT2D eigenvalue weighted by Crippen LogP contribution is 2.56. The number of carbonyl (C=O) groups excluding carboxylic acids is 1. The van der Waals surface area contributed by atoms with E-state index in [0.717, 1.165) is 45.4 Å². The summed E-state index contributed by atoms with van der Waals surface area (Å²) in [5, 5.41) is 11.6. The Hall–Kier alpha value is -1.85. The van der Waals surface area contributed by atoms with E-state index in [1.54, 1.807) is 0 Å². The quantitative estimate of drug-likeness (QED) is 0.576. The van der Waals surface area contributed by atoms with Crippen LogP contribution in [0.15, 0.2) is 29.8 Å². The standard InChI is InChI=1S/C27H38N2O3/c1-17-8-9-22(18(2)14-17)29-12-10-28(11-13-29)16-21-24-23(32-26(21)31)15-20-7-5-6-19(3)27(20,4)25(24)30/h7-9,14,19,21,23-25,30H,5-6,10-13,15-16H2,1-4H3/t19-,21-,23+,24+,25+,27+/m0/s1. The molecule has 1 aromatic carbocycles. The number of allylic oxidation sites excluding steroid dienone is 1. The van der Waals surface area contributed by atoms with Gasteiger partial charge in [-0.15, -0.1) is 0 Å². The summed E-state index contributed by atoms with van der Waals surface area (Å²) in [6, 6.07) is 6.66. The lowest BCUT2D eigenvalue weighted by molar-refractivity contribution is -0.145. The second kappa shape index (κ2) is 8.18. The third kappa shape index (κ3) is 3.49. The topological polar surface area (TPSA) is 53.0 Å². The van der Waals surface area contributed by atoms with Gasteiger partial charge in [-0.25, -0.2) is 0 Å². The van der Waals surface area contributed by atoms with Gasteiger partial charge in [-0.1, -0.05) is 43.2 Å². The number of aliphatic hydroxyl groups is 1. The van der Waals surface area contributed by atoms with E-state index >= 15 is 0 Å². The number of hydrogen-bond acceptors (Lipinski definition) is 5. The molecule has 2 aliphatic carbocycles. The molecule has 1 aromatic rings. The van der Waals surface area contributed by atoms with E-state index in [2.05, 4.69) is 61.8 Å². The number of ether oxygens (including phenoxy) is 1. The molecular weight excluding hydrogens is 400 g/mol. The molecule has 0 spiro atoms. The zero-order chi connectivity index (χ0) is 22.6. The van der Waals surface area contributed by atoms with Crippen LogP contribution in [-0.4, -0.2) is 60.9 Å². The van der Waals surface area contributed by atoms with Crippen LogP contribution in [-0.2, 0) is 9.53 Å². The molecule has 0 bridgehead atoms. The maximum absolute atomic E-state index is 12.9. The van der Waals surface area contributed by atoms with E-state index in [9.17, 15) is 9.90 Å². The van der Waals surface area contributed by atoms with Gasteiger partial charge in [0.15, 0.2) is 0 Å². The van der Waals surface area contributed by atoms with Crippen LogP contribution >= 0.6 is 0 Å². The highest BCUT2D eigenvalue weighted by molar-refractivity contribution is 5.76. The molecule has 0 radical (unpaired) electrons. The van der Waals surface area contributed by atoms with E-state index in [1.165, 1.54) is 22.4 Å². The van der Waals surface area contributed by atoms with E-state index < -0.39 is 6.10 Å². The van der Waals surface area contributed by atoms with Gasteiger partial charge in [-0.3, -0.25) is 9.69 Å². The number of rotatable bonds is 3. The summed E-state index contributed by atoms with van der Waals surface area (Å²) < 4.78 is 5.86. The summed E-state index contributed by atoms with van der Waals surface area (Å²) in [5.41, 5.74) is 5.01. The normalized spacial score (nSPS) is 37.5. The largest absolute Gasteiger partial charge is 0.461 e. The van der Waals surface area contributed by atoms with Crippen molar-refractivity contribution in [3.63, 3.8) is 0 Å². The lowest BCUT2D eigenvalue weighted by atomic mass is 9.55. The molecule has 1 N–H and O–H groups in total. The molecule has 5 heteroatoms. The molecule has 5 nitrogen and oxygen atoms in total. The zero-order valence-corrected chi connectivity index (χ0v) is 20.0. The highest BCUT2D eigenvalue weighted by atomic mass is 16.6. The fraction of sp³-hybridized carbons (Fsp3) is 0.667. The number of nitrogens with zero attached hydrogens (tertiary/aromatic N) is 2. The van der Waals surface area contributed by atoms with E-state index in [4.69, 9.17) is 4.74 Å². The summed E-state index contributed by atoms with van der Waals surface area (Å²) in [6.45, 7) is 13.3. The molecule has 2 saturated heterocycles. The van der Waals surface area contributed by atoms with Gasteiger partial charge in [0.05, 0.1) is 12.0 Å². The summed E-state index contributed by atoms with van der Waals surface area (Å²) >= 11 is 0. The molecule has 2 aliphatic heterocycles. The number of piperazine rings is 1. The minimum absolute atomic E-state index is 0.0948. The molecule has 5 rings (SSSR count). The first-order valence-corrected chi connectivity index (χ1v) is 12.4. The van der Waals surface area contributed by atoms with Gasteiger partial charge in [0.2, 0.25) is 0 Å². The van der Waals surface area contributed by atoms with Crippen molar-refractivity contribution in [2.75, 3.05) is 37.6 Å². The van der Waals surface area contributed by atoms with Gasteiger partial charge in [-0.2, -0.15) is 0 Å². The number of benzene rings is 1. The monoisotopic (exact) mass is 438 g/mol. The molecule has 0 amide bonds. The molecule has 1 saturated carbocycles. The lowest BCUT2D eigenvalue weighted by Gasteiger charge is -2.52. The van der Waals surface area contributed by atoms with Gasteiger partial charge in [0.1, 0.15) is 6.10 Å². The third-order valence-electron chi connectivity index (χ3n) is 9.09. The van der Waals surface area contributed by atoms with Crippen LogP contribution in [0, 0.1) is 37.0 Å². The number of anilines is 1. The third-order valence-corrected chi connectivity index (χ3v) is 9.09. The minimum atomic E-state index is -0.518. The summed E-state index contributed by atoms with van der Waals surface area (Å²) in [4.78, 5) is 17.8. The fourth-order valence-electron chi connectivity index (χ4n) is 6.88. The Morgan fingerprint density at radius 2 is 1.94 bits per heavy atom. The molecule has 174 valence electrons. The first kappa shape index (κ1) is 22.0. The van der Waals surface area contributed by atoms with Crippen molar-refractivity contribution >= 4 is 11.7 Å². The molecule has 6 atom stereocenters. The van der Waals surface area contributed by atoms with Crippen molar-refractivity contribution in [3.05, 3.63) is 41.0 Å². The Morgan fingerprint density at radius 1 is 1.19 bits per heavy atom. The van der Waals surface area contributed by atoms with Crippen LogP contribution in [0.4, 0.5) is 5.69 Å². The summed E-state index contributed by atoms with van der Waals surface area (Å²) in [6.07, 6.45) is 4.59. The Balaban J connectivity index is 1.27. The molecule has 32 heavy (non-hydrogen) atoms. The van der Waals surface area contributed by atoms with E-state index in [-0.39, 0.29) is 29.3 Å². The first-order valence-electron chi connectivity index (χ1n) is 12.4. The second-order valence-electron chi connectivity index (χ2n) is 10.9. The Labute approximate surface area is 192 Å². The van der Waals surface area contributed by atoms with Gasteiger partial charge in [-0.05, 0) is 44.2 Å². The lowest BCUT2D eigenvalue weighted by Crippen LogP contribution is -2.55. The Bertz CT molecular complexity index is 919. The summed E-state index contributed by atoms with van der Waals surface area (Å²) in [7, 11) is 0. The van der Waals surface area contributed by atoms with Crippen LogP contribution in [0.2, 0.25) is 0 Å². The van der Waals surface area contributed by atoms with Gasteiger partial charge in [0.25, 0.3) is 0 Å². The molecule has 4 aliphatic rings. The maximum atomic E-state index is 12.9. The summed E-state index contributed by atoms with van der Waals surface area (Å²) in [5.74, 6) is 0.000175. The number of hydrogen-bond donors (Lipinski definition) is 1. The Kier molecular flexibility index (Phi) is 5.61. The number of aliphatic hydroxyl groups excluding tert-OH is 1. The minimum Gasteiger partial charge on any atom is -0.461 e. The Morgan fingerprint density at radius 3 is 2.66 bits per heavy atom. The smallest absolute Gasteiger partial charge is 0.311 e. The predicted molar refractivity (Wildman–Crippen MR) is 127 cm³/mol. The van der Waals surface area contributed by atoms with Crippen molar-refractivity contribution in [3.8, 4) is 0 Å². The van der Waals surface area contributed by atoms with Crippen LogP contribution in [0.5, 0.6) is 0 Å². The SMILES string of the molecule is Cc1ccc(N2CCN(C[C@@H]3C(=O)O[C@@H]4CC5=CCC[C@H](C)[C@@]5(C)[C@H](O)[C@H]34)CC2)c(C)c1. The molecular formula is C27H38N2O3. The number of esters is 1. The predicted octanol–water partition coefficient (Wildman–Crippen LogP) is 3.71. The van der Waals surface area contributed by atoms with Crippen LogP contribution in [0.25, 0.3) is 0 Å². The second-order valence-corrected chi connectivity index (χ2v) is 10.9. The van der Waals surface area contributed by atoms with E-state index in [1.807, 2.05) is 0 Å². The van der Waals surface area contributed by atoms with Gasteiger partial charge >= 0.3 is 5.97 Å². The number of fused-ring (bicyclic) bond motifs is 2. The van der Waals surface area contributed by atoms with Gasteiger partial charge in [0, 0.05) is 56.2 Å². The van der Waals surface area contributed by atoms with Crippen molar-refractivity contribution in [2.45, 2.75) is 59.2 Å². The van der Waals surface area contributed by atoms with Crippen LogP contribution in [0.1, 0.15) is 44.2 Å². The first-order chi connectivity index (χ1) is 15.3. The van der Waals surface area contributed by atoms with E-state index in [0.29, 0.717) is 12.5 Å². The van der Waals surface area contributed by atoms with Crippen molar-refractivity contribution < 1.29 is 14.6 Å². The van der Waals surface area contributed by atoms with Crippen LogP contribution < -0.4 is 4.90 Å².